The zero-order valence-corrected chi connectivity index (χ0v) is 16.3. The highest BCUT2D eigenvalue weighted by Crippen LogP contribution is 2.48. The molecule has 0 spiro atoms. The molecule has 1 aliphatic rings. The van der Waals surface area contributed by atoms with Crippen molar-refractivity contribution in [3.63, 3.8) is 0 Å². The first-order chi connectivity index (χ1) is 14.7. The number of imidazole rings is 1. The van der Waals surface area contributed by atoms with Crippen molar-refractivity contribution in [2.45, 2.75) is 31.6 Å². The molecule has 2 N–H and O–H groups in total. The largest absolute Gasteiger partial charge is 0.364 e. The molecule has 1 saturated carbocycles. The van der Waals surface area contributed by atoms with E-state index in [0.29, 0.717) is 11.2 Å². The Balaban J connectivity index is 1.61. The van der Waals surface area contributed by atoms with E-state index in [2.05, 4.69) is 15.1 Å². The maximum Gasteiger partial charge on any atom is 0.268 e. The molecule has 0 radical (unpaired) electrons. The SMILES string of the molecule is Cc1c(F)cc(-c2noc(C3CC(F)(F)C3)n2)cc1-c1nc2ccccn2c1C(N)=O. The molecule has 0 saturated heterocycles. The Morgan fingerprint density at radius 1 is 1.26 bits per heavy atom. The van der Waals surface area contributed by atoms with Crippen molar-refractivity contribution in [1.82, 2.24) is 19.5 Å². The van der Waals surface area contributed by atoms with E-state index in [4.69, 9.17) is 10.3 Å². The summed E-state index contributed by atoms with van der Waals surface area (Å²) < 4.78 is 47.8. The smallest absolute Gasteiger partial charge is 0.268 e. The van der Waals surface area contributed by atoms with Crippen molar-refractivity contribution < 1.29 is 22.5 Å². The molecule has 1 amide bonds. The number of halogens is 3. The fourth-order valence-corrected chi connectivity index (χ4v) is 3.83. The van der Waals surface area contributed by atoms with Crippen LogP contribution in [0.25, 0.3) is 28.3 Å². The Kier molecular flexibility index (Phi) is 4.14. The van der Waals surface area contributed by atoms with Gasteiger partial charge in [0.15, 0.2) is 0 Å². The van der Waals surface area contributed by atoms with Crippen LogP contribution >= 0.6 is 0 Å². The van der Waals surface area contributed by atoms with Gasteiger partial charge in [0, 0.05) is 36.1 Å². The van der Waals surface area contributed by atoms with Crippen LogP contribution in [0.4, 0.5) is 13.2 Å². The van der Waals surface area contributed by atoms with Crippen LogP contribution in [0, 0.1) is 12.7 Å². The lowest BCUT2D eigenvalue weighted by atomic mass is 9.81. The van der Waals surface area contributed by atoms with E-state index in [-0.39, 0.29) is 47.1 Å². The number of alkyl halides is 2. The summed E-state index contributed by atoms with van der Waals surface area (Å²) in [6.45, 7) is 1.56. The number of hydrogen-bond acceptors (Lipinski definition) is 5. The summed E-state index contributed by atoms with van der Waals surface area (Å²) in [4.78, 5) is 20.8. The first-order valence-electron chi connectivity index (χ1n) is 9.53. The van der Waals surface area contributed by atoms with Crippen LogP contribution in [-0.2, 0) is 0 Å². The average molecular weight is 427 g/mol. The molecule has 10 heteroatoms. The molecule has 3 heterocycles. The van der Waals surface area contributed by atoms with Gasteiger partial charge in [0.1, 0.15) is 22.9 Å². The highest BCUT2D eigenvalue weighted by molar-refractivity contribution is 5.99. The molecule has 4 aromatic rings. The minimum absolute atomic E-state index is 0.0646. The number of fused-ring (bicyclic) bond motifs is 1. The van der Waals surface area contributed by atoms with Crippen LogP contribution < -0.4 is 5.73 Å². The van der Waals surface area contributed by atoms with E-state index in [0.717, 1.165) is 0 Å². The molecule has 0 bridgehead atoms. The quantitative estimate of drug-likeness (QED) is 0.528. The number of nitrogens with zero attached hydrogens (tertiary/aromatic N) is 4. The molecule has 0 unspecified atom stereocenters. The van der Waals surface area contributed by atoms with E-state index < -0.39 is 23.6 Å². The van der Waals surface area contributed by atoms with Gasteiger partial charge in [-0.15, -0.1) is 0 Å². The number of primary amides is 1. The van der Waals surface area contributed by atoms with E-state index in [1.54, 1.807) is 37.4 Å². The van der Waals surface area contributed by atoms with Gasteiger partial charge in [0.25, 0.3) is 5.91 Å². The van der Waals surface area contributed by atoms with Gasteiger partial charge >= 0.3 is 0 Å². The fourth-order valence-electron chi connectivity index (χ4n) is 3.83. The van der Waals surface area contributed by atoms with Crippen molar-refractivity contribution >= 4 is 11.6 Å². The Hall–Kier alpha value is -3.69. The first kappa shape index (κ1) is 19.3. The van der Waals surface area contributed by atoms with Gasteiger partial charge in [-0.2, -0.15) is 4.98 Å². The third kappa shape index (κ3) is 3.15. The van der Waals surface area contributed by atoms with Crippen molar-refractivity contribution in [2.24, 2.45) is 5.73 Å². The number of aromatic nitrogens is 4. The van der Waals surface area contributed by atoms with E-state index in [9.17, 15) is 18.0 Å². The summed E-state index contributed by atoms with van der Waals surface area (Å²) >= 11 is 0. The third-order valence-corrected chi connectivity index (χ3v) is 5.50. The zero-order chi connectivity index (χ0) is 21.9. The second kappa shape index (κ2) is 6.66. The number of pyridine rings is 1. The second-order valence-corrected chi connectivity index (χ2v) is 7.65. The fraction of sp³-hybridized carbons (Fsp3) is 0.238. The Morgan fingerprint density at radius 2 is 2.03 bits per heavy atom. The van der Waals surface area contributed by atoms with Gasteiger partial charge in [0.05, 0.1) is 0 Å². The van der Waals surface area contributed by atoms with Crippen molar-refractivity contribution in [3.05, 3.63) is 59.5 Å². The summed E-state index contributed by atoms with van der Waals surface area (Å²) in [6, 6.07) is 7.98. The zero-order valence-electron chi connectivity index (χ0n) is 16.3. The van der Waals surface area contributed by atoms with Gasteiger partial charge in [-0.25, -0.2) is 18.2 Å². The molecular weight excluding hydrogens is 411 g/mol. The van der Waals surface area contributed by atoms with Crippen LogP contribution in [-0.4, -0.2) is 31.4 Å². The van der Waals surface area contributed by atoms with E-state index in [1.165, 1.54) is 10.5 Å². The summed E-state index contributed by atoms with van der Waals surface area (Å²) in [5.74, 6) is -4.38. The first-order valence-corrected chi connectivity index (χ1v) is 9.53. The Bertz CT molecular complexity index is 1340. The van der Waals surface area contributed by atoms with Crippen molar-refractivity contribution in [3.8, 4) is 22.6 Å². The predicted molar refractivity (Wildman–Crippen MR) is 104 cm³/mol. The average Bonchev–Trinajstić information content (AvgIpc) is 3.32. The van der Waals surface area contributed by atoms with Gasteiger partial charge in [-0.05, 0) is 36.8 Å². The third-order valence-electron chi connectivity index (χ3n) is 5.50. The highest BCUT2D eigenvalue weighted by atomic mass is 19.3. The van der Waals surface area contributed by atoms with Crippen LogP contribution in [0.3, 0.4) is 0 Å². The molecule has 0 atom stereocenters. The van der Waals surface area contributed by atoms with E-state index in [1.807, 2.05) is 0 Å². The Labute approximate surface area is 173 Å². The van der Waals surface area contributed by atoms with Crippen molar-refractivity contribution in [2.75, 3.05) is 0 Å². The monoisotopic (exact) mass is 427 g/mol. The highest BCUT2D eigenvalue weighted by Gasteiger charge is 2.48. The molecule has 158 valence electrons. The number of carbonyl (C=O) groups is 1. The summed E-state index contributed by atoms with van der Waals surface area (Å²) in [6.07, 6.45) is 0.929. The molecule has 1 aromatic carbocycles. The van der Waals surface area contributed by atoms with Gasteiger partial charge in [0.2, 0.25) is 17.6 Å². The molecule has 1 fully saturated rings. The summed E-state index contributed by atoms with van der Waals surface area (Å²) in [5.41, 5.74) is 7.27. The predicted octanol–water partition coefficient (Wildman–Crippen LogP) is 4.11. The van der Waals surface area contributed by atoms with Crippen molar-refractivity contribution in [1.29, 1.82) is 0 Å². The number of nitrogens with two attached hydrogens (primary N) is 1. The van der Waals surface area contributed by atoms with Crippen LogP contribution in [0.1, 0.15) is 40.7 Å². The van der Waals surface area contributed by atoms with E-state index >= 15 is 0 Å². The second-order valence-electron chi connectivity index (χ2n) is 7.65. The van der Waals surface area contributed by atoms with Crippen LogP contribution in [0.2, 0.25) is 0 Å². The summed E-state index contributed by atoms with van der Waals surface area (Å²) in [5, 5.41) is 3.83. The standard InChI is InChI=1S/C21H16F3N5O2/c1-10-13(16-17(18(25)30)29-5-3-2-4-15(29)26-16)6-11(7-14(10)22)19-27-20(31-28-19)12-8-21(23,24)9-12/h2-7,12H,8-9H2,1H3,(H2,25,30). The molecular formula is C21H16F3N5O2. The van der Waals surface area contributed by atoms with Gasteiger partial charge in [-0.3, -0.25) is 9.20 Å². The number of amides is 1. The lowest BCUT2D eigenvalue weighted by molar-refractivity contribution is -0.0925. The number of rotatable bonds is 4. The van der Waals surface area contributed by atoms with Crippen LogP contribution in [0.5, 0.6) is 0 Å². The van der Waals surface area contributed by atoms with Crippen LogP contribution in [0.15, 0.2) is 41.1 Å². The number of carbonyl (C=O) groups excluding carboxylic acids is 1. The summed E-state index contributed by atoms with van der Waals surface area (Å²) in [7, 11) is 0. The minimum atomic E-state index is -2.73. The molecule has 3 aromatic heterocycles. The molecule has 0 aliphatic heterocycles. The van der Waals surface area contributed by atoms with Gasteiger partial charge < -0.3 is 10.3 Å². The maximum absolute atomic E-state index is 14.8. The lowest BCUT2D eigenvalue weighted by Crippen LogP contribution is -2.33. The minimum Gasteiger partial charge on any atom is -0.364 e. The normalized spacial score (nSPS) is 15.9. The molecule has 1 aliphatic carbocycles. The molecule has 7 nitrogen and oxygen atoms in total. The maximum atomic E-state index is 14.8. The van der Waals surface area contributed by atoms with Gasteiger partial charge in [-0.1, -0.05) is 11.2 Å². The number of benzene rings is 1. The lowest BCUT2D eigenvalue weighted by Gasteiger charge is -2.31. The molecule has 5 rings (SSSR count). The molecule has 31 heavy (non-hydrogen) atoms. The topological polar surface area (TPSA) is 99.3 Å². The Morgan fingerprint density at radius 3 is 2.74 bits per heavy atom. The number of hydrogen-bond donors (Lipinski definition) is 1.